The van der Waals surface area contributed by atoms with Gasteiger partial charge in [0.25, 0.3) is 0 Å². The van der Waals surface area contributed by atoms with Crippen molar-refractivity contribution in [3.8, 4) is 0 Å². The molecule has 84 valence electrons. The van der Waals surface area contributed by atoms with Crippen molar-refractivity contribution in [2.24, 2.45) is 0 Å². The second-order valence-corrected chi connectivity index (χ2v) is 3.49. The second kappa shape index (κ2) is 4.30. The summed E-state index contributed by atoms with van der Waals surface area (Å²) in [4.78, 5) is 15.6. The van der Waals surface area contributed by atoms with Crippen LogP contribution in [0.1, 0.15) is 29.5 Å². The lowest BCUT2D eigenvalue weighted by Crippen LogP contribution is -2.03. The third-order valence-corrected chi connectivity index (χ3v) is 2.27. The number of aryl methyl sites for hydroxylation is 1. The van der Waals surface area contributed by atoms with Crippen LogP contribution in [0.2, 0.25) is 0 Å². The highest BCUT2D eigenvalue weighted by Gasteiger charge is 2.08. The maximum atomic E-state index is 11.3. The molecule has 0 saturated carbocycles. The highest BCUT2D eigenvalue weighted by atomic mass is 16.5. The van der Waals surface area contributed by atoms with Gasteiger partial charge in [0, 0.05) is 12.6 Å². The molecule has 5 heteroatoms. The molecule has 2 rings (SSSR count). The molecular weight excluding hydrogens is 206 g/mol. The minimum Gasteiger partial charge on any atom is -0.465 e. The number of methoxy groups -OCH3 is 1. The average molecular weight is 219 g/mol. The van der Waals surface area contributed by atoms with Crippen molar-refractivity contribution in [2.75, 3.05) is 7.11 Å². The van der Waals surface area contributed by atoms with Crippen LogP contribution >= 0.6 is 0 Å². The third kappa shape index (κ3) is 1.88. The van der Waals surface area contributed by atoms with E-state index < -0.39 is 0 Å². The van der Waals surface area contributed by atoms with E-state index in [2.05, 4.69) is 21.7 Å². The summed E-state index contributed by atoms with van der Waals surface area (Å²) in [5.41, 5.74) is 1.22. The smallest absolute Gasteiger partial charge is 0.339 e. The number of aromatic nitrogens is 3. The Kier molecular flexibility index (Phi) is 2.85. The predicted octanol–water partition coefficient (Wildman–Crippen LogP) is 1.47. The van der Waals surface area contributed by atoms with E-state index in [-0.39, 0.29) is 5.97 Å². The number of rotatable bonds is 3. The highest BCUT2D eigenvalue weighted by molar-refractivity contribution is 5.89. The number of hydrogen-bond acceptors (Lipinski definition) is 4. The number of hydrogen-bond donors (Lipinski definition) is 0. The van der Waals surface area contributed by atoms with E-state index in [1.807, 2.05) is 0 Å². The van der Waals surface area contributed by atoms with E-state index in [1.54, 1.807) is 22.8 Å². The Morgan fingerprint density at radius 1 is 1.50 bits per heavy atom. The molecule has 0 aliphatic heterocycles. The van der Waals surface area contributed by atoms with Gasteiger partial charge in [-0.15, -0.1) is 0 Å². The molecule has 0 unspecified atom stereocenters. The maximum Gasteiger partial charge on any atom is 0.339 e. The summed E-state index contributed by atoms with van der Waals surface area (Å²) in [6, 6.07) is 3.45. The van der Waals surface area contributed by atoms with Gasteiger partial charge in [-0.05, 0) is 18.6 Å². The molecule has 0 fully saturated rings. The first kappa shape index (κ1) is 10.6. The lowest BCUT2D eigenvalue weighted by atomic mass is 10.3. The first-order chi connectivity index (χ1) is 7.74. The van der Waals surface area contributed by atoms with Crippen LogP contribution < -0.4 is 0 Å². The minimum absolute atomic E-state index is 0.366. The average Bonchev–Trinajstić information content (AvgIpc) is 2.69. The fraction of sp³-hybridized carbons (Fsp3) is 0.364. The van der Waals surface area contributed by atoms with Crippen LogP contribution in [-0.4, -0.2) is 27.7 Å². The quantitative estimate of drug-likeness (QED) is 0.733. The molecule has 0 aliphatic carbocycles. The van der Waals surface area contributed by atoms with Gasteiger partial charge in [-0.25, -0.2) is 14.3 Å². The zero-order valence-corrected chi connectivity index (χ0v) is 9.30. The van der Waals surface area contributed by atoms with Crippen LogP contribution in [0.4, 0.5) is 0 Å². The zero-order chi connectivity index (χ0) is 11.5. The molecule has 2 aromatic rings. The number of fused-ring (bicyclic) bond motifs is 1. The van der Waals surface area contributed by atoms with Crippen LogP contribution in [0.15, 0.2) is 18.3 Å². The molecule has 0 radical (unpaired) electrons. The Labute approximate surface area is 93.1 Å². The van der Waals surface area contributed by atoms with E-state index in [0.29, 0.717) is 5.56 Å². The van der Waals surface area contributed by atoms with Gasteiger partial charge in [-0.3, -0.25) is 0 Å². The maximum absolute atomic E-state index is 11.3. The molecular formula is C11H13N3O2. The van der Waals surface area contributed by atoms with Gasteiger partial charge < -0.3 is 4.74 Å². The first-order valence-electron chi connectivity index (χ1n) is 5.18. The Hall–Kier alpha value is -1.91. The van der Waals surface area contributed by atoms with Crippen LogP contribution in [0.25, 0.3) is 5.65 Å². The van der Waals surface area contributed by atoms with E-state index in [0.717, 1.165) is 24.3 Å². The molecule has 5 nitrogen and oxygen atoms in total. The molecule has 0 bridgehead atoms. The number of pyridine rings is 1. The van der Waals surface area contributed by atoms with Crippen LogP contribution in [0.3, 0.4) is 0 Å². The van der Waals surface area contributed by atoms with Gasteiger partial charge in [-0.1, -0.05) is 6.92 Å². The third-order valence-electron chi connectivity index (χ3n) is 2.27. The van der Waals surface area contributed by atoms with Crippen molar-refractivity contribution >= 4 is 11.6 Å². The topological polar surface area (TPSA) is 56.5 Å². The Morgan fingerprint density at radius 2 is 2.31 bits per heavy atom. The lowest BCUT2D eigenvalue weighted by molar-refractivity contribution is 0.0600. The van der Waals surface area contributed by atoms with E-state index in [4.69, 9.17) is 0 Å². The predicted molar refractivity (Wildman–Crippen MR) is 58.3 cm³/mol. The largest absolute Gasteiger partial charge is 0.465 e. The molecule has 0 atom stereocenters. The Morgan fingerprint density at radius 3 is 3.00 bits per heavy atom. The number of carbonyl (C=O) groups is 1. The van der Waals surface area contributed by atoms with Gasteiger partial charge >= 0.3 is 5.97 Å². The van der Waals surface area contributed by atoms with Crippen molar-refractivity contribution < 1.29 is 9.53 Å². The van der Waals surface area contributed by atoms with Gasteiger partial charge in [0.1, 0.15) is 0 Å². The van der Waals surface area contributed by atoms with Crippen molar-refractivity contribution in [3.63, 3.8) is 0 Å². The lowest BCUT2D eigenvalue weighted by Gasteiger charge is -1.98. The highest BCUT2D eigenvalue weighted by Crippen LogP contribution is 2.07. The standard InChI is InChI=1S/C11H13N3O2/c1-3-4-9-12-10-6-5-8(11(15)16-2)7-14(10)13-9/h5-7H,3-4H2,1-2H3. The van der Waals surface area contributed by atoms with Gasteiger partial charge in [-0.2, -0.15) is 5.10 Å². The minimum atomic E-state index is -0.366. The Balaban J connectivity index is 2.41. The summed E-state index contributed by atoms with van der Waals surface area (Å²) < 4.78 is 6.25. The summed E-state index contributed by atoms with van der Waals surface area (Å²) in [5, 5.41) is 4.28. The van der Waals surface area contributed by atoms with Gasteiger partial charge in [0.05, 0.1) is 12.7 Å². The first-order valence-corrected chi connectivity index (χ1v) is 5.18. The SMILES string of the molecule is CCCc1nc2ccc(C(=O)OC)cn2n1. The second-order valence-electron chi connectivity index (χ2n) is 3.49. The van der Waals surface area contributed by atoms with Crippen LogP contribution in [-0.2, 0) is 11.2 Å². The molecule has 0 aromatic carbocycles. The summed E-state index contributed by atoms with van der Waals surface area (Å²) in [6.45, 7) is 2.07. The molecule has 0 amide bonds. The molecule has 0 aliphatic rings. The number of ether oxygens (including phenoxy) is 1. The summed E-state index contributed by atoms with van der Waals surface area (Å²) in [7, 11) is 1.36. The summed E-state index contributed by atoms with van der Waals surface area (Å²) in [5.74, 6) is 0.430. The van der Waals surface area contributed by atoms with Crippen LogP contribution in [0, 0.1) is 0 Å². The van der Waals surface area contributed by atoms with E-state index in [9.17, 15) is 4.79 Å². The summed E-state index contributed by atoms with van der Waals surface area (Å²) in [6.07, 6.45) is 3.48. The number of carbonyl (C=O) groups excluding carboxylic acids is 1. The molecule has 2 aromatic heterocycles. The molecule has 16 heavy (non-hydrogen) atoms. The molecule has 0 N–H and O–H groups in total. The zero-order valence-electron chi connectivity index (χ0n) is 9.30. The van der Waals surface area contributed by atoms with Crippen molar-refractivity contribution in [1.82, 2.24) is 14.6 Å². The molecule has 0 spiro atoms. The van der Waals surface area contributed by atoms with E-state index in [1.165, 1.54) is 7.11 Å². The van der Waals surface area contributed by atoms with Crippen LogP contribution in [0.5, 0.6) is 0 Å². The van der Waals surface area contributed by atoms with Crippen molar-refractivity contribution in [2.45, 2.75) is 19.8 Å². The number of nitrogens with zero attached hydrogens (tertiary/aromatic N) is 3. The molecule has 0 saturated heterocycles. The summed E-state index contributed by atoms with van der Waals surface area (Å²) >= 11 is 0. The fourth-order valence-electron chi connectivity index (χ4n) is 1.50. The fourth-order valence-corrected chi connectivity index (χ4v) is 1.50. The number of esters is 1. The van der Waals surface area contributed by atoms with Gasteiger partial charge in [0.15, 0.2) is 11.5 Å². The molecule has 2 heterocycles. The monoisotopic (exact) mass is 219 g/mol. The van der Waals surface area contributed by atoms with Gasteiger partial charge in [0.2, 0.25) is 0 Å². The normalized spacial score (nSPS) is 10.6. The van der Waals surface area contributed by atoms with Crippen molar-refractivity contribution in [1.29, 1.82) is 0 Å². The van der Waals surface area contributed by atoms with Crippen molar-refractivity contribution in [3.05, 3.63) is 29.7 Å². The van der Waals surface area contributed by atoms with E-state index >= 15 is 0 Å². The Bertz CT molecular complexity index is 519.